The summed E-state index contributed by atoms with van der Waals surface area (Å²) in [5, 5.41) is 13.2. The molecular formula is C13H19BrN2O2. The van der Waals surface area contributed by atoms with E-state index in [2.05, 4.69) is 32.2 Å². The molecule has 1 aromatic rings. The minimum atomic E-state index is -0.495. The molecule has 0 spiro atoms. The molecule has 1 saturated heterocycles. The minimum Gasteiger partial charge on any atom is -0.387 e. The molecule has 1 unspecified atom stereocenters. The summed E-state index contributed by atoms with van der Waals surface area (Å²) < 4.78 is 6.36. The van der Waals surface area contributed by atoms with E-state index in [-0.39, 0.29) is 0 Å². The maximum atomic E-state index is 10.2. The lowest BCUT2D eigenvalue weighted by atomic mass is 10.1. The number of aliphatic hydroxyl groups is 1. The molecule has 5 heteroatoms. The van der Waals surface area contributed by atoms with Crippen molar-refractivity contribution in [1.82, 2.24) is 5.32 Å². The fraction of sp³-hybridized carbons (Fsp3) is 0.538. The predicted octanol–water partition coefficient (Wildman–Crippen LogP) is 1.54. The van der Waals surface area contributed by atoms with Gasteiger partial charge in [0, 0.05) is 35.4 Å². The van der Waals surface area contributed by atoms with Gasteiger partial charge in [-0.25, -0.2) is 0 Å². The summed E-state index contributed by atoms with van der Waals surface area (Å²) in [4.78, 5) is 2.27. The Bertz CT molecular complexity index is 395. The largest absolute Gasteiger partial charge is 0.387 e. The van der Waals surface area contributed by atoms with Crippen LogP contribution >= 0.6 is 15.9 Å². The third kappa shape index (κ3) is 3.23. The predicted molar refractivity (Wildman–Crippen MR) is 76.1 cm³/mol. The normalized spacial score (nSPS) is 17.8. The van der Waals surface area contributed by atoms with Crippen molar-refractivity contribution in [2.45, 2.75) is 6.10 Å². The molecule has 1 atom stereocenters. The Morgan fingerprint density at radius 2 is 2.17 bits per heavy atom. The van der Waals surface area contributed by atoms with Gasteiger partial charge in [-0.3, -0.25) is 0 Å². The van der Waals surface area contributed by atoms with Crippen molar-refractivity contribution in [2.75, 3.05) is 44.8 Å². The smallest absolute Gasteiger partial charge is 0.0934 e. The van der Waals surface area contributed by atoms with Gasteiger partial charge in [-0.1, -0.05) is 15.9 Å². The van der Waals surface area contributed by atoms with Crippen LogP contribution < -0.4 is 10.2 Å². The Morgan fingerprint density at radius 3 is 2.83 bits per heavy atom. The molecule has 100 valence electrons. The summed E-state index contributed by atoms with van der Waals surface area (Å²) >= 11 is 3.47. The molecule has 1 aromatic carbocycles. The fourth-order valence-corrected chi connectivity index (χ4v) is 2.57. The number of hydrogen-bond donors (Lipinski definition) is 2. The van der Waals surface area contributed by atoms with Crippen LogP contribution in [0.15, 0.2) is 22.7 Å². The van der Waals surface area contributed by atoms with E-state index in [9.17, 15) is 5.11 Å². The van der Waals surface area contributed by atoms with Crippen molar-refractivity contribution in [3.8, 4) is 0 Å². The summed E-state index contributed by atoms with van der Waals surface area (Å²) in [5.74, 6) is 0. The number of ether oxygens (including phenoxy) is 1. The van der Waals surface area contributed by atoms with Crippen molar-refractivity contribution in [1.29, 1.82) is 0 Å². The van der Waals surface area contributed by atoms with Crippen LogP contribution in [0.2, 0.25) is 0 Å². The second kappa shape index (κ2) is 6.52. The number of nitrogens with zero attached hydrogens (tertiary/aromatic N) is 1. The Labute approximate surface area is 116 Å². The monoisotopic (exact) mass is 314 g/mol. The number of hydrogen-bond acceptors (Lipinski definition) is 4. The van der Waals surface area contributed by atoms with E-state index >= 15 is 0 Å². The zero-order valence-electron chi connectivity index (χ0n) is 10.5. The molecule has 0 saturated carbocycles. The Morgan fingerprint density at radius 1 is 1.44 bits per heavy atom. The standard InChI is InChI=1S/C13H19BrN2O2/c1-15-9-13(17)11-8-10(14)2-3-12(11)16-4-6-18-7-5-16/h2-3,8,13,15,17H,4-7,9H2,1H3. The van der Waals surface area contributed by atoms with E-state index < -0.39 is 6.10 Å². The summed E-state index contributed by atoms with van der Waals surface area (Å²) in [7, 11) is 1.84. The number of aliphatic hydroxyl groups excluding tert-OH is 1. The molecule has 4 nitrogen and oxygen atoms in total. The van der Waals surface area contributed by atoms with Gasteiger partial charge in [-0.05, 0) is 25.2 Å². The third-order valence-electron chi connectivity index (χ3n) is 3.10. The van der Waals surface area contributed by atoms with Crippen LogP contribution in [0.4, 0.5) is 5.69 Å². The fourth-order valence-electron chi connectivity index (χ4n) is 2.19. The topological polar surface area (TPSA) is 44.7 Å². The van der Waals surface area contributed by atoms with Crippen LogP contribution in [0.5, 0.6) is 0 Å². The lowest BCUT2D eigenvalue weighted by Gasteiger charge is -2.31. The Balaban J connectivity index is 2.27. The van der Waals surface area contributed by atoms with Gasteiger partial charge in [-0.2, -0.15) is 0 Å². The number of anilines is 1. The molecule has 2 N–H and O–H groups in total. The van der Waals surface area contributed by atoms with Crippen LogP contribution in [0.3, 0.4) is 0 Å². The quantitative estimate of drug-likeness (QED) is 0.885. The van der Waals surface area contributed by atoms with Crippen molar-refractivity contribution >= 4 is 21.6 Å². The van der Waals surface area contributed by atoms with E-state index in [0.717, 1.165) is 42.0 Å². The zero-order valence-corrected chi connectivity index (χ0v) is 12.1. The number of benzene rings is 1. The molecule has 0 aliphatic carbocycles. The molecule has 1 aliphatic rings. The lowest BCUT2D eigenvalue weighted by molar-refractivity contribution is 0.122. The van der Waals surface area contributed by atoms with Gasteiger partial charge < -0.3 is 20.1 Å². The molecule has 0 amide bonds. The Hall–Kier alpha value is -0.620. The maximum absolute atomic E-state index is 10.2. The van der Waals surface area contributed by atoms with Crippen LogP contribution in [-0.2, 0) is 4.74 Å². The average Bonchev–Trinajstić information content (AvgIpc) is 2.40. The highest BCUT2D eigenvalue weighted by atomic mass is 79.9. The Kier molecular flexibility index (Phi) is 5.00. The number of halogens is 1. The van der Waals surface area contributed by atoms with Gasteiger partial charge in [-0.15, -0.1) is 0 Å². The number of nitrogens with one attached hydrogen (secondary N) is 1. The molecule has 2 rings (SSSR count). The van der Waals surface area contributed by atoms with Gasteiger partial charge >= 0.3 is 0 Å². The minimum absolute atomic E-state index is 0.495. The summed E-state index contributed by atoms with van der Waals surface area (Å²) in [6.45, 7) is 3.80. The highest BCUT2D eigenvalue weighted by Crippen LogP contribution is 2.30. The third-order valence-corrected chi connectivity index (χ3v) is 3.59. The van der Waals surface area contributed by atoms with Crippen molar-refractivity contribution in [3.05, 3.63) is 28.2 Å². The molecule has 0 aromatic heterocycles. The average molecular weight is 315 g/mol. The van der Waals surface area contributed by atoms with Crippen molar-refractivity contribution in [2.24, 2.45) is 0 Å². The van der Waals surface area contributed by atoms with Crippen LogP contribution in [-0.4, -0.2) is 45.0 Å². The first-order chi connectivity index (χ1) is 8.72. The SMILES string of the molecule is CNCC(O)c1cc(Br)ccc1N1CCOCC1. The number of rotatable bonds is 4. The van der Waals surface area contributed by atoms with Crippen LogP contribution in [0, 0.1) is 0 Å². The van der Waals surface area contributed by atoms with Gasteiger partial charge in [0.2, 0.25) is 0 Å². The van der Waals surface area contributed by atoms with Crippen molar-refractivity contribution < 1.29 is 9.84 Å². The maximum Gasteiger partial charge on any atom is 0.0934 e. The van der Waals surface area contributed by atoms with Gasteiger partial charge in [0.25, 0.3) is 0 Å². The number of morpholine rings is 1. The lowest BCUT2D eigenvalue weighted by Crippen LogP contribution is -2.37. The van der Waals surface area contributed by atoms with Gasteiger partial charge in [0.1, 0.15) is 0 Å². The van der Waals surface area contributed by atoms with E-state index in [1.807, 2.05) is 19.2 Å². The highest BCUT2D eigenvalue weighted by molar-refractivity contribution is 9.10. The highest BCUT2D eigenvalue weighted by Gasteiger charge is 2.18. The molecule has 0 bridgehead atoms. The summed E-state index contributed by atoms with van der Waals surface area (Å²) in [6.07, 6.45) is -0.495. The first kappa shape index (κ1) is 13.8. The number of likely N-dealkylation sites (N-methyl/N-ethyl adjacent to an activating group) is 1. The molecule has 1 aliphatic heterocycles. The van der Waals surface area contributed by atoms with Crippen molar-refractivity contribution in [3.63, 3.8) is 0 Å². The zero-order chi connectivity index (χ0) is 13.0. The van der Waals surface area contributed by atoms with E-state index in [4.69, 9.17) is 4.74 Å². The van der Waals surface area contributed by atoms with Crippen LogP contribution in [0.25, 0.3) is 0 Å². The molecular weight excluding hydrogens is 296 g/mol. The van der Waals surface area contributed by atoms with E-state index in [0.29, 0.717) is 6.54 Å². The molecule has 0 radical (unpaired) electrons. The summed E-state index contributed by atoms with van der Waals surface area (Å²) in [6, 6.07) is 6.07. The van der Waals surface area contributed by atoms with E-state index in [1.54, 1.807) is 0 Å². The first-order valence-electron chi connectivity index (χ1n) is 6.17. The first-order valence-corrected chi connectivity index (χ1v) is 6.96. The van der Waals surface area contributed by atoms with E-state index in [1.165, 1.54) is 0 Å². The molecule has 1 heterocycles. The summed E-state index contributed by atoms with van der Waals surface area (Å²) in [5.41, 5.74) is 2.06. The van der Waals surface area contributed by atoms with Crippen LogP contribution in [0.1, 0.15) is 11.7 Å². The molecule has 18 heavy (non-hydrogen) atoms. The molecule has 1 fully saturated rings. The van der Waals surface area contributed by atoms with Gasteiger partial charge in [0.15, 0.2) is 0 Å². The van der Waals surface area contributed by atoms with Gasteiger partial charge in [0.05, 0.1) is 19.3 Å². The second-order valence-corrected chi connectivity index (χ2v) is 5.29. The second-order valence-electron chi connectivity index (χ2n) is 4.38.